The first-order valence-corrected chi connectivity index (χ1v) is 7.18. The van der Waals surface area contributed by atoms with Crippen molar-refractivity contribution in [3.05, 3.63) is 47.4 Å². The van der Waals surface area contributed by atoms with Crippen LogP contribution in [-0.4, -0.2) is 22.4 Å². The summed E-state index contributed by atoms with van der Waals surface area (Å²) in [6.45, 7) is 1.57. The summed E-state index contributed by atoms with van der Waals surface area (Å²) in [5, 5.41) is 8.95. The van der Waals surface area contributed by atoms with Gasteiger partial charge < -0.3 is 14.3 Å². The topological polar surface area (TPSA) is 76.7 Å². The zero-order chi connectivity index (χ0) is 14.7. The minimum absolute atomic E-state index is 0.0997. The summed E-state index contributed by atoms with van der Waals surface area (Å²) in [5.74, 6) is 0.403. The van der Waals surface area contributed by atoms with Crippen molar-refractivity contribution in [2.24, 2.45) is 0 Å². The lowest BCUT2D eigenvalue weighted by molar-refractivity contribution is 0.0695. The van der Waals surface area contributed by atoms with Gasteiger partial charge in [-0.05, 0) is 31.2 Å². The van der Waals surface area contributed by atoms with Crippen LogP contribution in [0.15, 0.2) is 39.6 Å². The van der Waals surface area contributed by atoms with Crippen LogP contribution in [0.2, 0.25) is 0 Å². The van der Waals surface area contributed by atoms with Crippen molar-refractivity contribution in [1.29, 1.82) is 0 Å². The third kappa shape index (κ3) is 3.08. The number of hydrogen-bond acceptors (Lipinski definition) is 4. The molecule has 2 rings (SSSR count). The van der Waals surface area contributed by atoms with Crippen molar-refractivity contribution < 1.29 is 23.3 Å². The molecule has 1 heterocycles. The van der Waals surface area contributed by atoms with Crippen molar-refractivity contribution in [3.63, 3.8) is 0 Å². The molecule has 0 aliphatic heterocycles. The second-order valence-corrected chi connectivity index (χ2v) is 5.61. The first kappa shape index (κ1) is 14.3. The Labute approximate surface area is 118 Å². The molecule has 0 aliphatic rings. The number of aromatic carboxylic acids is 1. The maximum Gasteiger partial charge on any atom is 0.339 e. The SMILES string of the molecule is COc1cccc(S(=O)Cc2cc(C(=O)O)c(C)o2)c1. The van der Waals surface area contributed by atoms with Crippen LogP contribution < -0.4 is 4.74 Å². The Kier molecular flexibility index (Phi) is 4.24. The zero-order valence-electron chi connectivity index (χ0n) is 11.1. The van der Waals surface area contributed by atoms with Gasteiger partial charge in [-0.1, -0.05) is 6.07 Å². The lowest BCUT2D eigenvalue weighted by atomic mass is 10.2. The average Bonchev–Trinajstić information content (AvgIpc) is 2.79. The second kappa shape index (κ2) is 5.92. The standard InChI is InChI=1S/C14H14O5S/c1-9-13(14(15)16)7-11(19-9)8-20(17)12-5-3-4-10(6-12)18-2/h3-7H,8H2,1-2H3,(H,15,16). The van der Waals surface area contributed by atoms with E-state index in [9.17, 15) is 9.00 Å². The quantitative estimate of drug-likeness (QED) is 0.917. The van der Waals surface area contributed by atoms with Crippen LogP contribution in [0.4, 0.5) is 0 Å². The third-order valence-corrected chi connectivity index (χ3v) is 4.10. The molecular formula is C14H14O5S. The first-order valence-electron chi connectivity index (χ1n) is 5.86. The molecule has 0 spiro atoms. The van der Waals surface area contributed by atoms with Crippen LogP contribution in [0.3, 0.4) is 0 Å². The summed E-state index contributed by atoms with van der Waals surface area (Å²) >= 11 is 0. The molecule has 106 valence electrons. The number of carbonyl (C=O) groups is 1. The number of furan rings is 1. The van der Waals surface area contributed by atoms with Gasteiger partial charge in [0.25, 0.3) is 0 Å². The highest BCUT2D eigenvalue weighted by atomic mass is 32.2. The molecule has 5 nitrogen and oxygen atoms in total. The Hall–Kier alpha value is -2.08. The highest BCUT2D eigenvalue weighted by molar-refractivity contribution is 7.84. The van der Waals surface area contributed by atoms with Crippen molar-refractivity contribution in [1.82, 2.24) is 0 Å². The van der Waals surface area contributed by atoms with Gasteiger partial charge in [0, 0.05) is 4.90 Å². The van der Waals surface area contributed by atoms with E-state index >= 15 is 0 Å². The van der Waals surface area contributed by atoms with Crippen molar-refractivity contribution in [2.45, 2.75) is 17.6 Å². The molecule has 0 amide bonds. The lowest BCUT2D eigenvalue weighted by Gasteiger charge is -2.03. The third-order valence-electron chi connectivity index (χ3n) is 2.78. The smallest absolute Gasteiger partial charge is 0.339 e. The summed E-state index contributed by atoms with van der Waals surface area (Å²) < 4.78 is 22.6. The van der Waals surface area contributed by atoms with E-state index in [-0.39, 0.29) is 11.3 Å². The minimum atomic E-state index is -1.32. The normalized spacial score (nSPS) is 12.1. The number of hydrogen-bond donors (Lipinski definition) is 1. The Morgan fingerprint density at radius 2 is 2.15 bits per heavy atom. The van der Waals surface area contributed by atoms with Gasteiger partial charge in [-0.15, -0.1) is 0 Å². The maximum atomic E-state index is 12.2. The van der Waals surface area contributed by atoms with E-state index in [0.717, 1.165) is 0 Å². The summed E-state index contributed by atoms with van der Waals surface area (Å²) in [4.78, 5) is 11.5. The van der Waals surface area contributed by atoms with Crippen LogP contribution in [-0.2, 0) is 16.6 Å². The van der Waals surface area contributed by atoms with Crippen LogP contribution in [0, 0.1) is 6.92 Å². The molecule has 6 heteroatoms. The fraction of sp³-hybridized carbons (Fsp3) is 0.214. The molecule has 0 radical (unpaired) electrons. The van der Waals surface area contributed by atoms with Gasteiger partial charge in [0.1, 0.15) is 22.8 Å². The summed E-state index contributed by atoms with van der Waals surface area (Å²) in [7, 11) is 0.218. The Bertz CT molecular complexity index is 659. The van der Waals surface area contributed by atoms with E-state index < -0.39 is 16.8 Å². The predicted octanol–water partition coefficient (Wildman–Crippen LogP) is 2.60. The van der Waals surface area contributed by atoms with Crippen molar-refractivity contribution >= 4 is 16.8 Å². The van der Waals surface area contributed by atoms with Gasteiger partial charge in [-0.3, -0.25) is 4.21 Å². The Balaban J connectivity index is 2.19. The van der Waals surface area contributed by atoms with Crippen LogP contribution in [0.1, 0.15) is 21.9 Å². The van der Waals surface area contributed by atoms with E-state index in [1.165, 1.54) is 13.2 Å². The second-order valence-electron chi connectivity index (χ2n) is 4.16. The number of aryl methyl sites for hydroxylation is 1. The van der Waals surface area contributed by atoms with Gasteiger partial charge in [0.15, 0.2) is 0 Å². The summed E-state index contributed by atoms with van der Waals surface area (Å²) in [5.41, 5.74) is 0.0997. The molecule has 0 saturated carbocycles. The molecule has 0 fully saturated rings. The average molecular weight is 294 g/mol. The number of methoxy groups -OCH3 is 1. The molecule has 1 aromatic heterocycles. The lowest BCUT2D eigenvalue weighted by Crippen LogP contribution is -1.97. The largest absolute Gasteiger partial charge is 0.497 e. The first-order chi connectivity index (χ1) is 9.51. The highest BCUT2D eigenvalue weighted by Crippen LogP contribution is 2.21. The number of ether oxygens (including phenoxy) is 1. The molecule has 1 N–H and O–H groups in total. The van der Waals surface area contributed by atoms with E-state index in [4.69, 9.17) is 14.3 Å². The van der Waals surface area contributed by atoms with Gasteiger partial charge in [-0.25, -0.2) is 4.79 Å². The molecule has 1 unspecified atom stereocenters. The fourth-order valence-electron chi connectivity index (χ4n) is 1.78. The zero-order valence-corrected chi connectivity index (χ0v) is 11.9. The summed E-state index contributed by atoms with van der Waals surface area (Å²) in [6, 6.07) is 8.34. The fourth-order valence-corrected chi connectivity index (χ4v) is 2.83. The molecule has 1 atom stereocenters. The maximum absolute atomic E-state index is 12.2. The molecule has 0 bridgehead atoms. The van der Waals surface area contributed by atoms with E-state index in [1.54, 1.807) is 31.2 Å². The van der Waals surface area contributed by atoms with Crippen molar-refractivity contribution in [2.75, 3.05) is 7.11 Å². The van der Waals surface area contributed by atoms with Gasteiger partial charge in [-0.2, -0.15) is 0 Å². The predicted molar refractivity (Wildman–Crippen MR) is 73.5 cm³/mol. The highest BCUT2D eigenvalue weighted by Gasteiger charge is 2.16. The van der Waals surface area contributed by atoms with Crippen molar-refractivity contribution in [3.8, 4) is 5.75 Å². The van der Waals surface area contributed by atoms with Gasteiger partial charge in [0.2, 0.25) is 0 Å². The number of carboxylic acid groups (broad SMARTS) is 1. The Morgan fingerprint density at radius 3 is 2.75 bits per heavy atom. The molecular weight excluding hydrogens is 280 g/mol. The van der Waals surface area contributed by atoms with E-state index in [2.05, 4.69) is 0 Å². The Morgan fingerprint density at radius 1 is 1.40 bits per heavy atom. The summed E-state index contributed by atoms with van der Waals surface area (Å²) in [6.07, 6.45) is 0. The number of carboxylic acids is 1. The number of benzene rings is 1. The van der Waals surface area contributed by atoms with Gasteiger partial charge >= 0.3 is 5.97 Å². The number of rotatable bonds is 5. The molecule has 0 aliphatic carbocycles. The molecule has 20 heavy (non-hydrogen) atoms. The molecule has 2 aromatic rings. The molecule has 1 aromatic carbocycles. The van der Waals surface area contributed by atoms with E-state index in [0.29, 0.717) is 22.2 Å². The van der Waals surface area contributed by atoms with Crippen LogP contribution >= 0.6 is 0 Å². The minimum Gasteiger partial charge on any atom is -0.497 e. The van der Waals surface area contributed by atoms with Crippen LogP contribution in [0.5, 0.6) is 5.75 Å². The van der Waals surface area contributed by atoms with E-state index in [1.807, 2.05) is 0 Å². The molecule has 0 saturated heterocycles. The van der Waals surface area contributed by atoms with Gasteiger partial charge in [0.05, 0.1) is 23.7 Å². The monoisotopic (exact) mass is 294 g/mol. The van der Waals surface area contributed by atoms with Crippen LogP contribution in [0.25, 0.3) is 0 Å².